The van der Waals surface area contributed by atoms with E-state index in [4.69, 9.17) is 18.9 Å². The third-order valence-electron chi connectivity index (χ3n) is 12.4. The van der Waals surface area contributed by atoms with Gasteiger partial charge in [0.1, 0.15) is 54.8 Å². The molecule has 3 aliphatic rings. The number of aromatic amines is 1. The number of hydrogen-bond acceptors (Lipinski definition) is 15. The second-order valence-corrected chi connectivity index (χ2v) is 17.4. The molecule has 3 aliphatic heterocycles. The van der Waals surface area contributed by atoms with E-state index in [0.717, 1.165) is 55.4 Å². The van der Waals surface area contributed by atoms with Crippen LogP contribution in [-0.4, -0.2) is 143 Å². The summed E-state index contributed by atoms with van der Waals surface area (Å²) < 4.78 is 24.8. The van der Waals surface area contributed by atoms with Crippen molar-refractivity contribution >= 4 is 11.8 Å². The summed E-state index contributed by atoms with van der Waals surface area (Å²) in [6, 6.07) is -1.82. The maximum atomic E-state index is 13.2. The number of ether oxygens (including phenoxy) is 4. The Labute approximate surface area is 362 Å². The molecule has 62 heavy (non-hydrogen) atoms. The molecule has 16 atom stereocenters. The normalized spacial score (nSPS) is 33.7. The van der Waals surface area contributed by atoms with Gasteiger partial charge in [-0.15, -0.1) is 0 Å². The summed E-state index contributed by atoms with van der Waals surface area (Å²) in [5, 5.41) is 81.0. The minimum atomic E-state index is -1.74. The number of carbonyl (C=O) groups is 2. The maximum absolute atomic E-state index is 13.2. The summed E-state index contributed by atoms with van der Waals surface area (Å²) >= 11 is 0. The molecule has 0 bridgehead atoms. The van der Waals surface area contributed by atoms with Crippen molar-refractivity contribution in [2.24, 2.45) is 11.8 Å². The minimum absolute atomic E-state index is 0.153. The first-order chi connectivity index (χ1) is 29.6. The van der Waals surface area contributed by atoms with Gasteiger partial charge in [0.25, 0.3) is 5.56 Å². The average molecular weight is 885 g/mol. The van der Waals surface area contributed by atoms with Gasteiger partial charge in [0, 0.05) is 19.2 Å². The van der Waals surface area contributed by atoms with Gasteiger partial charge in [0.2, 0.25) is 11.8 Å². The van der Waals surface area contributed by atoms with E-state index in [0.29, 0.717) is 6.42 Å². The monoisotopic (exact) mass is 884 g/mol. The molecule has 0 spiro atoms. The Morgan fingerprint density at radius 3 is 1.94 bits per heavy atom. The zero-order valence-electron chi connectivity index (χ0n) is 36.5. The molecule has 2 amide bonds. The van der Waals surface area contributed by atoms with Crippen LogP contribution < -0.4 is 21.9 Å². The zero-order chi connectivity index (χ0) is 45.5. The van der Waals surface area contributed by atoms with E-state index >= 15 is 0 Å². The van der Waals surface area contributed by atoms with Gasteiger partial charge in [0.15, 0.2) is 18.8 Å². The fourth-order valence-corrected chi connectivity index (χ4v) is 8.40. The number of unbranched alkanes of at least 4 members (excludes halogenated alkanes) is 10. The number of aromatic nitrogens is 2. The molecule has 0 aliphatic carbocycles. The molecule has 3 saturated heterocycles. The van der Waals surface area contributed by atoms with Gasteiger partial charge in [-0.05, 0) is 37.2 Å². The van der Waals surface area contributed by atoms with Crippen molar-refractivity contribution in [1.29, 1.82) is 0 Å². The largest absolute Gasteiger partial charge is 0.394 e. The fourth-order valence-electron chi connectivity index (χ4n) is 8.40. The molecule has 4 heterocycles. The predicted octanol–water partition coefficient (Wildman–Crippen LogP) is 0.357. The zero-order valence-corrected chi connectivity index (χ0v) is 36.5. The Hall–Kier alpha value is -3.08. The van der Waals surface area contributed by atoms with Crippen molar-refractivity contribution in [3.05, 3.63) is 45.3 Å². The summed E-state index contributed by atoms with van der Waals surface area (Å²) in [6.07, 6.45) is 0.689. The van der Waals surface area contributed by atoms with Crippen LogP contribution in [0.3, 0.4) is 0 Å². The maximum Gasteiger partial charge on any atom is 0.330 e. The average Bonchev–Trinajstić information content (AvgIpc) is 3.53. The Bertz CT molecular complexity index is 1660. The predicted molar refractivity (Wildman–Crippen MR) is 224 cm³/mol. The number of amides is 2. The Morgan fingerprint density at radius 1 is 0.790 bits per heavy atom. The number of rotatable bonds is 24. The number of nitrogens with zero attached hydrogens (tertiary/aromatic N) is 1. The van der Waals surface area contributed by atoms with Crippen LogP contribution in [0, 0.1) is 11.8 Å². The topological polar surface area (TPSA) is 292 Å². The van der Waals surface area contributed by atoms with E-state index in [-0.39, 0.29) is 6.42 Å². The Kier molecular flexibility index (Phi) is 21.1. The summed E-state index contributed by atoms with van der Waals surface area (Å²) in [7, 11) is 0. The molecule has 4 rings (SSSR count). The van der Waals surface area contributed by atoms with Crippen LogP contribution in [0.2, 0.25) is 0 Å². The van der Waals surface area contributed by atoms with Gasteiger partial charge in [-0.2, -0.15) is 0 Å². The van der Waals surface area contributed by atoms with Gasteiger partial charge < -0.3 is 65.3 Å². The van der Waals surface area contributed by atoms with Gasteiger partial charge in [-0.1, -0.05) is 97.5 Å². The molecule has 0 saturated carbocycles. The smallest absolute Gasteiger partial charge is 0.330 e. The van der Waals surface area contributed by atoms with Crippen LogP contribution in [0.1, 0.15) is 124 Å². The second-order valence-electron chi connectivity index (χ2n) is 17.4. The molecular weight excluding hydrogens is 812 g/mol. The molecule has 1 aromatic rings. The van der Waals surface area contributed by atoms with Gasteiger partial charge in [-0.3, -0.25) is 23.9 Å². The SMILES string of the molecule is CCC(C)CCCCCCCCCCCC/C=C/C(=O)N[C@H]1[C@H](O[C@@H]2O[C@@H](CO)[C@H](O)[C@H](O)[C@H]2NC(C)=O)O[C@H](C[C@@H](C)[C@H]2O[C@@H](n3ccc(=O)[nH]c3=O)[C@H](O)[C@@H]2O)[C@H](O)[C@@H]1O. The number of aliphatic hydroxyl groups excluding tert-OH is 7. The first kappa shape index (κ1) is 51.6. The molecule has 19 nitrogen and oxygen atoms in total. The second kappa shape index (κ2) is 25.4. The van der Waals surface area contributed by atoms with Crippen LogP contribution >= 0.6 is 0 Å². The van der Waals surface area contributed by atoms with E-state index in [1.54, 1.807) is 13.0 Å². The first-order valence-electron chi connectivity index (χ1n) is 22.4. The lowest BCUT2D eigenvalue weighted by Gasteiger charge is -2.47. The summed E-state index contributed by atoms with van der Waals surface area (Å²) in [5.74, 6) is -1.19. The molecule has 0 radical (unpaired) electrons. The number of aliphatic hydroxyl groups is 7. The molecular formula is C43H72N4O15. The number of carbonyl (C=O) groups excluding carboxylic acids is 2. The van der Waals surface area contributed by atoms with Crippen LogP contribution in [0.15, 0.2) is 34.0 Å². The lowest BCUT2D eigenvalue weighted by atomic mass is 9.87. The van der Waals surface area contributed by atoms with Crippen molar-refractivity contribution < 1.29 is 64.3 Å². The minimum Gasteiger partial charge on any atom is -0.394 e. The van der Waals surface area contributed by atoms with Crippen molar-refractivity contribution in [3.63, 3.8) is 0 Å². The Morgan fingerprint density at radius 2 is 1.35 bits per heavy atom. The van der Waals surface area contributed by atoms with Crippen molar-refractivity contribution in [3.8, 4) is 0 Å². The highest BCUT2D eigenvalue weighted by Gasteiger charge is 2.53. The van der Waals surface area contributed by atoms with Gasteiger partial charge >= 0.3 is 5.69 Å². The fraction of sp³-hybridized carbons (Fsp3) is 0.814. The molecule has 1 unspecified atom stereocenters. The highest BCUT2D eigenvalue weighted by molar-refractivity contribution is 5.87. The number of H-pyrrole nitrogens is 1. The summed E-state index contributed by atoms with van der Waals surface area (Å²) in [6.45, 7) is 6.57. The lowest BCUT2D eigenvalue weighted by Crippen LogP contribution is -2.68. The van der Waals surface area contributed by atoms with Crippen LogP contribution in [-0.2, 0) is 28.5 Å². The van der Waals surface area contributed by atoms with E-state index < -0.39 is 121 Å². The molecule has 10 N–H and O–H groups in total. The van der Waals surface area contributed by atoms with E-state index in [9.17, 15) is 54.9 Å². The third-order valence-corrected chi connectivity index (χ3v) is 12.4. The van der Waals surface area contributed by atoms with Gasteiger partial charge in [0.05, 0.1) is 18.8 Å². The lowest BCUT2D eigenvalue weighted by molar-refractivity contribution is -0.346. The molecule has 0 aromatic carbocycles. The highest BCUT2D eigenvalue weighted by atomic mass is 16.8. The van der Waals surface area contributed by atoms with E-state index in [2.05, 4.69) is 29.5 Å². The number of nitrogens with one attached hydrogen (secondary N) is 3. The van der Waals surface area contributed by atoms with Crippen LogP contribution in [0.25, 0.3) is 0 Å². The van der Waals surface area contributed by atoms with Crippen molar-refractivity contribution in [2.75, 3.05) is 6.61 Å². The van der Waals surface area contributed by atoms with Crippen LogP contribution in [0.5, 0.6) is 0 Å². The van der Waals surface area contributed by atoms with E-state index in [1.165, 1.54) is 57.4 Å². The van der Waals surface area contributed by atoms with E-state index in [1.807, 2.05) is 0 Å². The first-order valence-corrected chi connectivity index (χ1v) is 22.4. The van der Waals surface area contributed by atoms with Crippen molar-refractivity contribution in [2.45, 2.75) is 203 Å². The third kappa shape index (κ3) is 14.5. The number of hydrogen-bond donors (Lipinski definition) is 10. The van der Waals surface area contributed by atoms with Gasteiger partial charge in [-0.25, -0.2) is 4.79 Å². The molecule has 354 valence electrons. The molecule has 1 aromatic heterocycles. The molecule has 19 heteroatoms. The highest BCUT2D eigenvalue weighted by Crippen LogP contribution is 2.37. The summed E-state index contributed by atoms with van der Waals surface area (Å²) in [4.78, 5) is 51.5. The summed E-state index contributed by atoms with van der Waals surface area (Å²) in [5.41, 5.74) is -1.55. The molecule has 3 fully saturated rings. The quantitative estimate of drug-likeness (QED) is 0.0496. The van der Waals surface area contributed by atoms with Crippen LogP contribution in [0.4, 0.5) is 0 Å². The number of allylic oxidation sites excluding steroid dienone is 1. The standard InChI is InChI=1S/C43H72N4O15/c1-5-24(2)18-16-14-12-10-8-6-7-9-11-13-15-17-19-29(50)45-32-36(55)33(52)27(59-42(32)62-41-31(44-26(4)49)35(54)34(53)28(23-48)60-41)22-25(3)39-37(56)38(57)40(61-39)47-21-20-30(51)46-43(47)58/h17,19-21,24-25,27-28,31-42,48,52-57H,5-16,18,22-23H2,1-4H3,(H,44,49)(H,45,50)(H,46,51,58)/b19-17+/t24?,25-,27-,28+,31-,32-,33+,34+,35-,36-,37+,38-,39-,40-,41+,42+/m1/s1. The Balaban J connectivity index is 1.38. The van der Waals surface area contributed by atoms with Crippen molar-refractivity contribution in [1.82, 2.24) is 20.2 Å².